The number of aromatic nitrogens is 2. The summed E-state index contributed by atoms with van der Waals surface area (Å²) in [5, 5.41) is 3.23. The maximum Gasteiger partial charge on any atom is 0.293 e. The number of anilines is 1. The van der Waals surface area contributed by atoms with Crippen molar-refractivity contribution in [2.45, 2.75) is 31.7 Å². The zero-order valence-electron chi connectivity index (χ0n) is 14.0. The highest BCUT2D eigenvalue weighted by Gasteiger charge is 2.40. The lowest BCUT2D eigenvalue weighted by Crippen LogP contribution is -2.51. The lowest BCUT2D eigenvalue weighted by Gasteiger charge is -2.34. The molecule has 0 unspecified atom stereocenters. The molecule has 24 heavy (non-hydrogen) atoms. The minimum Gasteiger partial charge on any atom is -0.351 e. The number of nitrogens with zero attached hydrogens (tertiary/aromatic N) is 3. The molecule has 2 bridgehead atoms. The molecule has 4 rings (SSSR count). The number of hydrogen-bond acceptors (Lipinski definition) is 4. The quantitative estimate of drug-likeness (QED) is 0.843. The number of amides is 1. The summed E-state index contributed by atoms with van der Waals surface area (Å²) in [6.45, 7) is 1.48. The summed E-state index contributed by atoms with van der Waals surface area (Å²) in [4.78, 5) is 31.1. The zero-order chi connectivity index (χ0) is 16.7. The van der Waals surface area contributed by atoms with E-state index in [0.717, 1.165) is 32.2 Å². The predicted octanol–water partition coefficient (Wildman–Crippen LogP) is 1.08. The van der Waals surface area contributed by atoms with Gasteiger partial charge in [0.1, 0.15) is 0 Å². The van der Waals surface area contributed by atoms with Gasteiger partial charge < -0.3 is 14.8 Å². The van der Waals surface area contributed by atoms with E-state index >= 15 is 0 Å². The van der Waals surface area contributed by atoms with Crippen LogP contribution in [0.5, 0.6) is 0 Å². The summed E-state index contributed by atoms with van der Waals surface area (Å²) in [6.07, 6.45) is 11.8. The second-order valence-corrected chi connectivity index (χ2v) is 7.35. The minimum absolute atomic E-state index is 0.0808. The number of nitrogens with one attached hydrogen (secondary N) is 1. The standard InChI is InChI=1S/C18H24N4O2/c1-21-8-6-19-16(18(21)24)22-7-2-3-14(11-22)20-17(23)15-10-12-4-5-13(15)9-12/h4-6,8,12-15H,2-3,7,9-11H2,1H3,(H,20,23)/t12-,13-,14+,15+/m0/s1. The van der Waals surface area contributed by atoms with E-state index in [1.54, 1.807) is 24.0 Å². The summed E-state index contributed by atoms with van der Waals surface area (Å²) in [7, 11) is 1.74. The molecule has 1 saturated heterocycles. The number of allylic oxidation sites excluding steroid dienone is 2. The molecule has 6 nitrogen and oxygen atoms in total. The Morgan fingerprint density at radius 3 is 2.96 bits per heavy atom. The molecule has 0 spiro atoms. The molecule has 2 aliphatic carbocycles. The lowest BCUT2D eigenvalue weighted by atomic mass is 9.92. The summed E-state index contributed by atoms with van der Waals surface area (Å²) >= 11 is 0. The van der Waals surface area contributed by atoms with Crippen LogP contribution in [0.15, 0.2) is 29.3 Å². The average molecular weight is 328 g/mol. The molecule has 1 aromatic heterocycles. The predicted molar refractivity (Wildman–Crippen MR) is 91.7 cm³/mol. The fourth-order valence-electron chi connectivity index (χ4n) is 4.38. The number of rotatable bonds is 3. The minimum atomic E-state index is -0.0808. The highest BCUT2D eigenvalue weighted by atomic mass is 16.2. The van der Waals surface area contributed by atoms with Crippen molar-refractivity contribution >= 4 is 11.7 Å². The average Bonchev–Trinajstić information content (AvgIpc) is 3.21. The van der Waals surface area contributed by atoms with Gasteiger partial charge in [0.15, 0.2) is 5.82 Å². The van der Waals surface area contributed by atoms with Crippen LogP contribution in [-0.4, -0.2) is 34.6 Å². The van der Waals surface area contributed by atoms with Crippen molar-refractivity contribution in [1.29, 1.82) is 0 Å². The molecule has 1 amide bonds. The van der Waals surface area contributed by atoms with E-state index in [1.165, 1.54) is 0 Å². The van der Waals surface area contributed by atoms with Gasteiger partial charge >= 0.3 is 0 Å². The fraction of sp³-hybridized carbons (Fsp3) is 0.611. The molecule has 0 aromatic carbocycles. The van der Waals surface area contributed by atoms with Gasteiger partial charge in [0.05, 0.1) is 0 Å². The van der Waals surface area contributed by atoms with Crippen LogP contribution in [0.25, 0.3) is 0 Å². The molecule has 1 saturated carbocycles. The Bertz CT molecular complexity index is 726. The highest BCUT2D eigenvalue weighted by Crippen LogP contribution is 2.43. The Hall–Kier alpha value is -2.11. The van der Waals surface area contributed by atoms with Gasteiger partial charge in [-0.15, -0.1) is 0 Å². The van der Waals surface area contributed by atoms with Crippen LogP contribution in [0, 0.1) is 17.8 Å². The topological polar surface area (TPSA) is 67.2 Å². The normalized spacial score (nSPS) is 31.5. The van der Waals surface area contributed by atoms with Gasteiger partial charge in [-0.25, -0.2) is 4.98 Å². The monoisotopic (exact) mass is 328 g/mol. The molecular formula is C18H24N4O2. The van der Waals surface area contributed by atoms with Gasteiger partial charge in [-0.2, -0.15) is 0 Å². The summed E-state index contributed by atoms with van der Waals surface area (Å²) < 4.78 is 1.55. The summed E-state index contributed by atoms with van der Waals surface area (Å²) in [6, 6.07) is 0.0982. The summed E-state index contributed by atoms with van der Waals surface area (Å²) in [5.41, 5.74) is -0.0808. The molecule has 1 aromatic rings. The van der Waals surface area contributed by atoms with Gasteiger partial charge in [0, 0.05) is 44.5 Å². The van der Waals surface area contributed by atoms with E-state index in [2.05, 4.69) is 22.5 Å². The van der Waals surface area contributed by atoms with E-state index in [1.807, 2.05) is 4.90 Å². The molecule has 6 heteroatoms. The van der Waals surface area contributed by atoms with Crippen LogP contribution in [-0.2, 0) is 11.8 Å². The fourth-order valence-corrected chi connectivity index (χ4v) is 4.38. The van der Waals surface area contributed by atoms with Crippen molar-refractivity contribution < 1.29 is 4.79 Å². The van der Waals surface area contributed by atoms with Gasteiger partial charge in [0.2, 0.25) is 5.91 Å². The Kier molecular flexibility index (Phi) is 3.90. The number of aryl methyl sites for hydroxylation is 1. The number of carbonyl (C=O) groups excluding carboxylic acids is 1. The largest absolute Gasteiger partial charge is 0.351 e. The third kappa shape index (κ3) is 2.74. The SMILES string of the molecule is Cn1ccnc(N2CCC[C@@H](NC(=O)[C@@H]3C[C@H]4C=C[C@H]3C4)C2)c1=O. The second-order valence-electron chi connectivity index (χ2n) is 7.35. The van der Waals surface area contributed by atoms with Gasteiger partial charge in [-0.1, -0.05) is 12.2 Å². The van der Waals surface area contributed by atoms with E-state index in [0.29, 0.717) is 24.2 Å². The Labute approximate surface area is 141 Å². The Morgan fingerprint density at radius 1 is 1.33 bits per heavy atom. The van der Waals surface area contributed by atoms with Crippen molar-refractivity contribution in [2.24, 2.45) is 24.8 Å². The van der Waals surface area contributed by atoms with Crippen molar-refractivity contribution in [3.63, 3.8) is 0 Å². The third-order valence-electron chi connectivity index (χ3n) is 5.68. The molecule has 1 aliphatic heterocycles. The molecule has 4 atom stereocenters. The van der Waals surface area contributed by atoms with E-state index in [9.17, 15) is 9.59 Å². The van der Waals surface area contributed by atoms with Crippen LogP contribution in [0.3, 0.4) is 0 Å². The third-order valence-corrected chi connectivity index (χ3v) is 5.68. The van der Waals surface area contributed by atoms with Gasteiger partial charge in [0.25, 0.3) is 5.56 Å². The number of carbonyl (C=O) groups is 1. The number of hydrogen-bond donors (Lipinski definition) is 1. The van der Waals surface area contributed by atoms with Gasteiger partial charge in [-0.3, -0.25) is 9.59 Å². The van der Waals surface area contributed by atoms with E-state index in [-0.39, 0.29) is 23.4 Å². The van der Waals surface area contributed by atoms with Crippen molar-refractivity contribution in [3.8, 4) is 0 Å². The van der Waals surface area contributed by atoms with Crippen molar-refractivity contribution in [1.82, 2.24) is 14.9 Å². The molecule has 128 valence electrons. The first-order chi connectivity index (χ1) is 11.6. The first-order valence-corrected chi connectivity index (χ1v) is 8.87. The second kappa shape index (κ2) is 6.07. The van der Waals surface area contributed by atoms with Crippen LogP contribution < -0.4 is 15.8 Å². The molecule has 0 radical (unpaired) electrons. The maximum atomic E-state index is 12.6. The van der Waals surface area contributed by atoms with Crippen LogP contribution in [0.1, 0.15) is 25.7 Å². The maximum absolute atomic E-state index is 12.6. The van der Waals surface area contributed by atoms with E-state index in [4.69, 9.17) is 0 Å². The smallest absolute Gasteiger partial charge is 0.293 e. The lowest BCUT2D eigenvalue weighted by molar-refractivity contribution is -0.126. The van der Waals surface area contributed by atoms with Crippen LogP contribution in [0.2, 0.25) is 0 Å². The van der Waals surface area contributed by atoms with Crippen LogP contribution in [0.4, 0.5) is 5.82 Å². The highest BCUT2D eigenvalue weighted by molar-refractivity contribution is 5.80. The Morgan fingerprint density at radius 2 is 2.21 bits per heavy atom. The van der Waals surface area contributed by atoms with Crippen LogP contribution >= 0.6 is 0 Å². The van der Waals surface area contributed by atoms with E-state index < -0.39 is 0 Å². The van der Waals surface area contributed by atoms with Gasteiger partial charge in [-0.05, 0) is 37.5 Å². The zero-order valence-corrected chi connectivity index (χ0v) is 14.0. The molecule has 2 heterocycles. The number of fused-ring (bicyclic) bond motifs is 2. The first kappa shape index (κ1) is 15.4. The Balaban J connectivity index is 1.42. The summed E-state index contributed by atoms with van der Waals surface area (Å²) in [5.74, 6) is 1.84. The van der Waals surface area contributed by atoms with Crippen molar-refractivity contribution in [2.75, 3.05) is 18.0 Å². The first-order valence-electron chi connectivity index (χ1n) is 8.87. The molecule has 2 fully saturated rings. The molecule has 1 N–H and O–H groups in total. The molecular weight excluding hydrogens is 304 g/mol. The molecule has 3 aliphatic rings. The number of piperidine rings is 1. The van der Waals surface area contributed by atoms with Crippen molar-refractivity contribution in [3.05, 3.63) is 34.9 Å².